The van der Waals surface area contributed by atoms with Gasteiger partial charge in [0.2, 0.25) is 0 Å². The predicted molar refractivity (Wildman–Crippen MR) is 109 cm³/mol. The molecule has 0 aromatic heterocycles. The van der Waals surface area contributed by atoms with Gasteiger partial charge in [0.25, 0.3) is 0 Å². The molecule has 0 radical (unpaired) electrons. The molecule has 0 fully saturated rings. The summed E-state index contributed by atoms with van der Waals surface area (Å²) in [6.45, 7) is 5.66. The van der Waals surface area contributed by atoms with E-state index in [1.54, 1.807) is 0 Å². The van der Waals surface area contributed by atoms with Gasteiger partial charge < -0.3 is 16.4 Å². The molecule has 3 aromatic carbocycles. The summed E-state index contributed by atoms with van der Waals surface area (Å²) in [7, 11) is 0. The highest BCUT2D eigenvalue weighted by molar-refractivity contribution is 5.49. The zero-order chi connectivity index (χ0) is 18.1. The highest BCUT2D eigenvalue weighted by Gasteiger charge is 2.08. The van der Waals surface area contributed by atoms with Gasteiger partial charge in [0.15, 0.2) is 0 Å². The van der Waals surface area contributed by atoms with Crippen molar-refractivity contribution in [3.8, 4) is 0 Å². The summed E-state index contributed by atoms with van der Waals surface area (Å²) in [5, 5.41) is 0. The minimum atomic E-state index is 0.790. The molecule has 4 N–H and O–H groups in total. The summed E-state index contributed by atoms with van der Waals surface area (Å²) in [5.41, 5.74) is 16.8. The highest BCUT2D eigenvalue weighted by Crippen LogP contribution is 2.21. The number of hydrogen-bond acceptors (Lipinski definition) is 3. The summed E-state index contributed by atoms with van der Waals surface area (Å²) >= 11 is 0. The van der Waals surface area contributed by atoms with Crippen molar-refractivity contribution in [3.63, 3.8) is 0 Å². The Morgan fingerprint density at radius 1 is 0.600 bits per heavy atom. The fourth-order valence-electron chi connectivity index (χ4n) is 2.56. The van der Waals surface area contributed by atoms with Crippen LogP contribution in [0, 0.1) is 0 Å². The number of nitrogens with zero attached hydrogens (tertiary/aromatic N) is 1. The molecule has 0 saturated carbocycles. The van der Waals surface area contributed by atoms with Crippen LogP contribution in [-0.2, 0) is 13.1 Å². The van der Waals surface area contributed by atoms with E-state index >= 15 is 0 Å². The Hall–Kier alpha value is -2.94. The second kappa shape index (κ2) is 9.38. The lowest BCUT2D eigenvalue weighted by atomic mass is 10.1. The third-order valence-electron chi connectivity index (χ3n) is 3.83. The quantitative estimate of drug-likeness (QED) is 0.640. The maximum absolute atomic E-state index is 5.78. The number of para-hydroxylation sites is 1. The topological polar surface area (TPSA) is 55.3 Å². The Balaban J connectivity index is 0.00000109. The minimum Gasteiger partial charge on any atom is -0.399 e. The molecule has 0 heterocycles. The van der Waals surface area contributed by atoms with E-state index in [0.717, 1.165) is 24.5 Å². The van der Waals surface area contributed by atoms with E-state index in [-0.39, 0.29) is 0 Å². The SMILES string of the molecule is CC.Nc1ccc(CN(Cc2ccc(N)cc2)c2ccccc2)cc1. The van der Waals surface area contributed by atoms with E-state index in [1.807, 2.05) is 44.2 Å². The fraction of sp³-hybridized carbons (Fsp3) is 0.182. The third-order valence-corrected chi connectivity index (χ3v) is 3.83. The molecule has 3 heteroatoms. The van der Waals surface area contributed by atoms with Crippen LogP contribution in [0.15, 0.2) is 78.9 Å². The van der Waals surface area contributed by atoms with Crippen molar-refractivity contribution in [3.05, 3.63) is 90.0 Å². The minimum absolute atomic E-state index is 0.790. The molecule has 0 spiro atoms. The van der Waals surface area contributed by atoms with Crippen LogP contribution in [0.4, 0.5) is 17.1 Å². The Kier molecular flexibility index (Phi) is 6.90. The van der Waals surface area contributed by atoms with E-state index in [2.05, 4.69) is 53.4 Å². The van der Waals surface area contributed by atoms with Crippen LogP contribution in [0.3, 0.4) is 0 Å². The first-order valence-electron chi connectivity index (χ1n) is 8.69. The van der Waals surface area contributed by atoms with Gasteiger partial charge in [-0.05, 0) is 47.5 Å². The molecule has 0 aliphatic rings. The average Bonchev–Trinajstić information content (AvgIpc) is 2.67. The Morgan fingerprint density at radius 3 is 1.40 bits per heavy atom. The van der Waals surface area contributed by atoms with Gasteiger partial charge in [0.1, 0.15) is 0 Å². The van der Waals surface area contributed by atoms with Crippen LogP contribution >= 0.6 is 0 Å². The van der Waals surface area contributed by atoms with Crippen molar-refractivity contribution in [1.29, 1.82) is 0 Å². The summed E-state index contributed by atoms with van der Waals surface area (Å²) < 4.78 is 0. The number of hydrogen-bond donors (Lipinski definition) is 2. The van der Waals surface area contributed by atoms with Gasteiger partial charge in [0.05, 0.1) is 0 Å². The van der Waals surface area contributed by atoms with Gasteiger partial charge in [-0.3, -0.25) is 0 Å². The molecular weight excluding hydrogens is 306 g/mol. The molecule has 3 nitrogen and oxygen atoms in total. The lowest BCUT2D eigenvalue weighted by molar-refractivity contribution is 0.800. The summed E-state index contributed by atoms with van der Waals surface area (Å²) in [5.74, 6) is 0. The monoisotopic (exact) mass is 333 g/mol. The number of anilines is 3. The molecule has 0 aliphatic heterocycles. The number of nitrogens with two attached hydrogens (primary N) is 2. The van der Waals surface area contributed by atoms with Crippen LogP contribution in [-0.4, -0.2) is 0 Å². The normalized spacial score (nSPS) is 9.84. The van der Waals surface area contributed by atoms with E-state index in [9.17, 15) is 0 Å². The standard InChI is InChI=1S/C20H21N3.C2H6/c21-18-10-6-16(7-11-18)14-23(20-4-2-1-3-5-20)15-17-8-12-19(22)13-9-17;1-2/h1-13H,14-15,21-22H2;1-2H3. The Bertz CT molecular complexity index is 687. The van der Waals surface area contributed by atoms with E-state index < -0.39 is 0 Å². The molecule has 0 atom stereocenters. The fourth-order valence-corrected chi connectivity index (χ4v) is 2.56. The van der Waals surface area contributed by atoms with E-state index in [4.69, 9.17) is 11.5 Å². The zero-order valence-corrected chi connectivity index (χ0v) is 15.0. The highest BCUT2D eigenvalue weighted by atomic mass is 15.1. The Morgan fingerprint density at radius 2 is 1.00 bits per heavy atom. The molecule has 0 saturated heterocycles. The van der Waals surface area contributed by atoms with Gasteiger partial charge >= 0.3 is 0 Å². The summed E-state index contributed by atoms with van der Waals surface area (Å²) in [4.78, 5) is 2.34. The third kappa shape index (κ3) is 5.57. The zero-order valence-electron chi connectivity index (χ0n) is 15.0. The van der Waals surface area contributed by atoms with Crippen molar-refractivity contribution in [2.45, 2.75) is 26.9 Å². The van der Waals surface area contributed by atoms with E-state index in [0.29, 0.717) is 0 Å². The first-order chi connectivity index (χ1) is 12.2. The van der Waals surface area contributed by atoms with Crippen LogP contribution < -0.4 is 16.4 Å². The van der Waals surface area contributed by atoms with Gasteiger partial charge in [-0.25, -0.2) is 0 Å². The van der Waals surface area contributed by atoms with Crippen molar-refractivity contribution in [2.24, 2.45) is 0 Å². The molecule has 0 bridgehead atoms. The van der Waals surface area contributed by atoms with Gasteiger partial charge in [-0.15, -0.1) is 0 Å². The number of nitrogen functional groups attached to an aromatic ring is 2. The van der Waals surface area contributed by atoms with Crippen LogP contribution in [0.5, 0.6) is 0 Å². The molecule has 3 rings (SSSR count). The predicted octanol–water partition coefficient (Wildman–Crippen LogP) is 5.08. The van der Waals surface area contributed by atoms with Gasteiger partial charge in [0, 0.05) is 30.2 Å². The van der Waals surface area contributed by atoms with E-state index in [1.165, 1.54) is 16.8 Å². The Labute approximate surface area is 150 Å². The largest absolute Gasteiger partial charge is 0.399 e. The molecular formula is C22H27N3. The number of benzene rings is 3. The van der Waals surface area contributed by atoms with Crippen LogP contribution in [0.2, 0.25) is 0 Å². The lowest BCUT2D eigenvalue weighted by Gasteiger charge is -2.25. The average molecular weight is 333 g/mol. The summed E-state index contributed by atoms with van der Waals surface area (Å²) in [6.07, 6.45) is 0. The first-order valence-corrected chi connectivity index (χ1v) is 8.69. The van der Waals surface area contributed by atoms with Gasteiger partial charge in [-0.1, -0.05) is 56.3 Å². The molecule has 0 aliphatic carbocycles. The van der Waals surface area contributed by atoms with Crippen LogP contribution in [0.1, 0.15) is 25.0 Å². The van der Waals surface area contributed by atoms with Crippen molar-refractivity contribution < 1.29 is 0 Å². The molecule has 0 unspecified atom stereocenters. The summed E-state index contributed by atoms with van der Waals surface area (Å²) in [6, 6.07) is 26.5. The molecule has 0 amide bonds. The van der Waals surface area contributed by atoms with Crippen molar-refractivity contribution >= 4 is 17.1 Å². The van der Waals surface area contributed by atoms with Gasteiger partial charge in [-0.2, -0.15) is 0 Å². The smallest absolute Gasteiger partial charge is 0.0433 e. The first kappa shape index (κ1) is 18.4. The van der Waals surface area contributed by atoms with Crippen molar-refractivity contribution in [2.75, 3.05) is 16.4 Å². The number of rotatable bonds is 5. The second-order valence-electron chi connectivity index (χ2n) is 5.67. The lowest BCUT2D eigenvalue weighted by Crippen LogP contribution is -2.22. The molecule has 3 aromatic rings. The van der Waals surface area contributed by atoms with Crippen LogP contribution in [0.25, 0.3) is 0 Å². The maximum atomic E-state index is 5.78. The molecule has 130 valence electrons. The maximum Gasteiger partial charge on any atom is 0.0433 e. The molecule has 25 heavy (non-hydrogen) atoms. The second-order valence-corrected chi connectivity index (χ2v) is 5.67. The van der Waals surface area contributed by atoms with Crippen molar-refractivity contribution in [1.82, 2.24) is 0 Å².